The van der Waals surface area contributed by atoms with Crippen LogP contribution in [0.15, 0.2) is 41.1 Å². The van der Waals surface area contributed by atoms with Crippen LogP contribution in [0.25, 0.3) is 5.69 Å². The summed E-state index contributed by atoms with van der Waals surface area (Å²) in [5.74, 6) is -0.465. The van der Waals surface area contributed by atoms with Crippen LogP contribution in [0.3, 0.4) is 0 Å². The number of halogens is 1. The number of benzene rings is 1. The van der Waals surface area contributed by atoms with Crippen LogP contribution in [0, 0.1) is 0 Å². The average Bonchev–Trinajstić information content (AvgIpc) is 2.69. The lowest BCUT2D eigenvalue weighted by Gasteiger charge is -2.06. The van der Waals surface area contributed by atoms with Gasteiger partial charge in [-0.1, -0.05) is 15.9 Å². The number of carbonyl (C=O) groups excluding carboxylic acids is 1. The number of aromatic nitrogens is 2. The Bertz CT molecular complexity index is 493. The summed E-state index contributed by atoms with van der Waals surface area (Å²) in [6.45, 7) is 0. The Morgan fingerprint density at radius 1 is 1.47 bits per heavy atom. The van der Waals surface area contributed by atoms with Crippen molar-refractivity contribution in [2.24, 2.45) is 5.73 Å². The predicted octanol–water partition coefficient (Wildman–Crippen LogP) is 1.73. The molecular formula is C10H8BrN3O. The Kier molecular flexibility index (Phi) is 2.55. The van der Waals surface area contributed by atoms with Crippen molar-refractivity contribution in [2.45, 2.75) is 0 Å². The summed E-state index contributed by atoms with van der Waals surface area (Å²) in [5.41, 5.74) is 6.39. The molecule has 2 aromatic rings. The Balaban J connectivity index is 2.63. The molecule has 0 radical (unpaired) electrons. The number of hydrogen-bond acceptors (Lipinski definition) is 2. The summed E-state index contributed by atoms with van der Waals surface area (Å²) in [4.78, 5) is 11.2. The first-order valence-corrected chi connectivity index (χ1v) is 5.07. The number of primary amides is 1. The van der Waals surface area contributed by atoms with Crippen molar-refractivity contribution in [3.63, 3.8) is 0 Å². The average molecular weight is 266 g/mol. The van der Waals surface area contributed by atoms with Crippen LogP contribution in [-0.4, -0.2) is 15.7 Å². The number of hydrogen-bond donors (Lipinski definition) is 1. The molecule has 0 spiro atoms. The monoisotopic (exact) mass is 265 g/mol. The van der Waals surface area contributed by atoms with E-state index in [9.17, 15) is 4.79 Å². The van der Waals surface area contributed by atoms with E-state index in [1.807, 2.05) is 0 Å². The smallest absolute Gasteiger partial charge is 0.250 e. The highest BCUT2D eigenvalue weighted by Gasteiger charge is 2.10. The van der Waals surface area contributed by atoms with Crippen LogP contribution in [0.4, 0.5) is 0 Å². The molecule has 0 atom stereocenters. The molecule has 0 saturated heterocycles. The van der Waals surface area contributed by atoms with Crippen molar-refractivity contribution in [2.75, 3.05) is 0 Å². The second-order valence-electron chi connectivity index (χ2n) is 2.98. The molecule has 76 valence electrons. The van der Waals surface area contributed by atoms with E-state index in [4.69, 9.17) is 5.73 Å². The van der Waals surface area contributed by atoms with Gasteiger partial charge in [-0.2, -0.15) is 5.10 Å². The highest BCUT2D eigenvalue weighted by atomic mass is 79.9. The minimum Gasteiger partial charge on any atom is -0.366 e. The van der Waals surface area contributed by atoms with E-state index in [0.29, 0.717) is 11.3 Å². The zero-order chi connectivity index (χ0) is 10.8. The molecule has 1 amide bonds. The molecule has 0 bridgehead atoms. The number of rotatable bonds is 2. The van der Waals surface area contributed by atoms with Gasteiger partial charge in [0.05, 0.1) is 11.3 Å². The van der Waals surface area contributed by atoms with Crippen molar-refractivity contribution in [1.82, 2.24) is 9.78 Å². The summed E-state index contributed by atoms with van der Waals surface area (Å²) >= 11 is 3.34. The van der Waals surface area contributed by atoms with E-state index >= 15 is 0 Å². The molecule has 0 aliphatic heterocycles. The summed E-state index contributed by atoms with van der Waals surface area (Å²) in [6.07, 6.45) is 3.40. The van der Waals surface area contributed by atoms with Crippen LogP contribution in [0.1, 0.15) is 10.4 Å². The Morgan fingerprint density at radius 2 is 2.27 bits per heavy atom. The van der Waals surface area contributed by atoms with E-state index in [1.54, 1.807) is 41.3 Å². The first kappa shape index (κ1) is 9.92. The Morgan fingerprint density at radius 3 is 2.87 bits per heavy atom. The topological polar surface area (TPSA) is 60.9 Å². The van der Waals surface area contributed by atoms with Crippen molar-refractivity contribution >= 4 is 21.8 Å². The summed E-state index contributed by atoms with van der Waals surface area (Å²) in [7, 11) is 0. The lowest BCUT2D eigenvalue weighted by molar-refractivity contribution is 0.1000. The van der Waals surface area contributed by atoms with E-state index < -0.39 is 5.91 Å². The first-order valence-electron chi connectivity index (χ1n) is 4.28. The number of nitrogens with two attached hydrogens (primary N) is 1. The van der Waals surface area contributed by atoms with Gasteiger partial charge in [0, 0.05) is 16.9 Å². The zero-order valence-electron chi connectivity index (χ0n) is 7.72. The molecule has 2 N–H and O–H groups in total. The molecule has 5 heteroatoms. The quantitative estimate of drug-likeness (QED) is 0.899. The van der Waals surface area contributed by atoms with Crippen LogP contribution in [0.2, 0.25) is 0 Å². The van der Waals surface area contributed by atoms with Crippen LogP contribution in [-0.2, 0) is 0 Å². The molecule has 1 heterocycles. The lowest BCUT2D eigenvalue weighted by Crippen LogP contribution is -2.14. The molecule has 0 fully saturated rings. The normalized spacial score (nSPS) is 10.2. The zero-order valence-corrected chi connectivity index (χ0v) is 9.31. The van der Waals surface area contributed by atoms with Gasteiger partial charge in [-0.3, -0.25) is 4.79 Å². The maximum Gasteiger partial charge on any atom is 0.250 e. The second kappa shape index (κ2) is 3.86. The van der Waals surface area contributed by atoms with Crippen LogP contribution < -0.4 is 5.73 Å². The van der Waals surface area contributed by atoms with Crippen molar-refractivity contribution in [3.8, 4) is 5.69 Å². The van der Waals surface area contributed by atoms with Crippen LogP contribution in [0.5, 0.6) is 0 Å². The molecule has 2 rings (SSSR count). The van der Waals surface area contributed by atoms with E-state index in [-0.39, 0.29) is 0 Å². The summed E-state index contributed by atoms with van der Waals surface area (Å²) in [5, 5.41) is 4.06. The SMILES string of the molecule is NC(=O)c1ccc(Br)cc1-n1cccn1. The van der Waals surface area contributed by atoms with Gasteiger partial charge < -0.3 is 5.73 Å². The third-order valence-electron chi connectivity index (χ3n) is 1.98. The molecule has 0 aliphatic rings. The van der Waals surface area contributed by atoms with Gasteiger partial charge in [0.2, 0.25) is 0 Å². The molecule has 0 unspecified atom stereocenters. The van der Waals surface area contributed by atoms with E-state index in [2.05, 4.69) is 21.0 Å². The highest BCUT2D eigenvalue weighted by molar-refractivity contribution is 9.10. The van der Waals surface area contributed by atoms with Gasteiger partial charge in [-0.25, -0.2) is 4.68 Å². The van der Waals surface area contributed by atoms with Crippen molar-refractivity contribution < 1.29 is 4.79 Å². The molecular weight excluding hydrogens is 258 g/mol. The standard InChI is InChI=1S/C10H8BrN3O/c11-7-2-3-8(10(12)15)9(6-7)14-5-1-4-13-14/h1-6H,(H2,12,15). The maximum absolute atomic E-state index is 11.2. The molecule has 0 saturated carbocycles. The number of nitrogens with zero attached hydrogens (tertiary/aromatic N) is 2. The first-order chi connectivity index (χ1) is 7.18. The van der Waals surface area contributed by atoms with Crippen LogP contribution >= 0.6 is 15.9 Å². The number of amides is 1. The molecule has 1 aromatic heterocycles. The fourth-order valence-electron chi connectivity index (χ4n) is 1.31. The fraction of sp³-hybridized carbons (Fsp3) is 0. The maximum atomic E-state index is 11.2. The molecule has 15 heavy (non-hydrogen) atoms. The minimum atomic E-state index is -0.465. The summed E-state index contributed by atoms with van der Waals surface area (Å²) < 4.78 is 2.48. The van der Waals surface area contributed by atoms with Gasteiger partial charge in [0.1, 0.15) is 0 Å². The lowest BCUT2D eigenvalue weighted by atomic mass is 10.1. The summed E-state index contributed by atoms with van der Waals surface area (Å²) in [6, 6.07) is 7.02. The van der Waals surface area contributed by atoms with Crippen molar-refractivity contribution in [1.29, 1.82) is 0 Å². The van der Waals surface area contributed by atoms with E-state index in [0.717, 1.165) is 4.47 Å². The number of carbonyl (C=O) groups is 1. The van der Waals surface area contributed by atoms with Gasteiger partial charge in [0.25, 0.3) is 5.91 Å². The largest absolute Gasteiger partial charge is 0.366 e. The Labute approximate surface area is 94.8 Å². The third-order valence-corrected chi connectivity index (χ3v) is 2.47. The van der Waals surface area contributed by atoms with E-state index in [1.165, 1.54) is 0 Å². The Hall–Kier alpha value is -1.62. The third kappa shape index (κ3) is 1.92. The fourth-order valence-corrected chi connectivity index (χ4v) is 1.66. The van der Waals surface area contributed by atoms with Gasteiger partial charge in [-0.15, -0.1) is 0 Å². The second-order valence-corrected chi connectivity index (χ2v) is 3.89. The molecule has 4 nitrogen and oxygen atoms in total. The van der Waals surface area contributed by atoms with Gasteiger partial charge in [-0.05, 0) is 24.3 Å². The highest BCUT2D eigenvalue weighted by Crippen LogP contribution is 2.19. The molecule has 1 aromatic carbocycles. The predicted molar refractivity (Wildman–Crippen MR) is 59.8 cm³/mol. The minimum absolute atomic E-state index is 0.446. The van der Waals surface area contributed by atoms with Crippen molar-refractivity contribution in [3.05, 3.63) is 46.7 Å². The van der Waals surface area contributed by atoms with Gasteiger partial charge in [0.15, 0.2) is 0 Å². The molecule has 0 aliphatic carbocycles. The van der Waals surface area contributed by atoms with Gasteiger partial charge >= 0.3 is 0 Å².